The Morgan fingerprint density at radius 2 is 2.08 bits per heavy atom. The third kappa shape index (κ3) is 6.33. The molecule has 1 fully saturated rings. The molecule has 25 heavy (non-hydrogen) atoms. The molecule has 0 bridgehead atoms. The Morgan fingerprint density at radius 1 is 1.36 bits per heavy atom. The molecule has 3 N–H and O–H groups in total. The molecule has 0 radical (unpaired) electrons. The fourth-order valence-electron chi connectivity index (χ4n) is 2.75. The highest BCUT2D eigenvalue weighted by Gasteiger charge is 2.28. The number of carbonyl (C=O) groups excluding carboxylic acids is 2. The molecule has 5 nitrogen and oxygen atoms in total. The van der Waals surface area contributed by atoms with Crippen LogP contribution in [0.3, 0.4) is 0 Å². The van der Waals surface area contributed by atoms with E-state index in [2.05, 4.69) is 5.32 Å². The van der Waals surface area contributed by atoms with Crippen LogP contribution in [0, 0.1) is 5.92 Å². The molecule has 0 aromatic heterocycles. The number of rotatable bonds is 5. The van der Waals surface area contributed by atoms with E-state index in [-0.39, 0.29) is 36.2 Å². The van der Waals surface area contributed by atoms with E-state index in [9.17, 15) is 9.59 Å². The average molecular weight is 409 g/mol. The van der Waals surface area contributed by atoms with Crippen LogP contribution in [0.15, 0.2) is 18.2 Å². The Labute approximate surface area is 164 Å². The van der Waals surface area contributed by atoms with Crippen molar-refractivity contribution in [1.29, 1.82) is 0 Å². The highest BCUT2D eigenvalue weighted by molar-refractivity contribution is 6.42. The zero-order valence-corrected chi connectivity index (χ0v) is 16.5. The van der Waals surface area contributed by atoms with Crippen molar-refractivity contribution in [3.8, 4) is 0 Å². The van der Waals surface area contributed by atoms with E-state index < -0.39 is 0 Å². The smallest absolute Gasteiger partial charge is 0.253 e. The maximum Gasteiger partial charge on any atom is 0.253 e. The first kappa shape index (κ1) is 22.0. The lowest BCUT2D eigenvalue weighted by atomic mass is 9.96. The zero-order valence-electron chi connectivity index (χ0n) is 14.1. The predicted molar refractivity (Wildman–Crippen MR) is 104 cm³/mol. The maximum atomic E-state index is 12.6. The third-order valence-electron chi connectivity index (χ3n) is 4.14. The standard InChI is InChI=1S/C17H23Cl2N3O2.ClH/c1-11(20)6-7-21-16(23)13-3-2-8-22(10-13)17(24)12-4-5-14(18)15(19)9-12;/h4-5,9,11,13H,2-3,6-8,10,20H2,1H3,(H,21,23);1H. The van der Waals surface area contributed by atoms with E-state index in [0.29, 0.717) is 35.2 Å². The molecule has 1 aromatic rings. The van der Waals surface area contributed by atoms with Crippen LogP contribution in [0.1, 0.15) is 36.5 Å². The van der Waals surface area contributed by atoms with Crippen molar-refractivity contribution < 1.29 is 9.59 Å². The van der Waals surface area contributed by atoms with Gasteiger partial charge in [-0.15, -0.1) is 12.4 Å². The highest BCUT2D eigenvalue weighted by atomic mass is 35.5. The topological polar surface area (TPSA) is 75.4 Å². The molecule has 140 valence electrons. The molecule has 1 saturated heterocycles. The molecule has 1 aromatic carbocycles. The van der Waals surface area contributed by atoms with E-state index in [1.165, 1.54) is 0 Å². The minimum Gasteiger partial charge on any atom is -0.356 e. The number of benzene rings is 1. The first-order chi connectivity index (χ1) is 11.4. The van der Waals surface area contributed by atoms with Crippen LogP contribution in [-0.4, -0.2) is 42.4 Å². The third-order valence-corrected chi connectivity index (χ3v) is 4.88. The van der Waals surface area contributed by atoms with Gasteiger partial charge in [-0.25, -0.2) is 0 Å². The van der Waals surface area contributed by atoms with Crippen molar-refractivity contribution in [3.63, 3.8) is 0 Å². The number of piperidine rings is 1. The Kier molecular flexibility index (Phi) is 9.00. The number of carbonyl (C=O) groups is 2. The van der Waals surface area contributed by atoms with Gasteiger partial charge in [0.15, 0.2) is 0 Å². The van der Waals surface area contributed by atoms with Crippen molar-refractivity contribution in [1.82, 2.24) is 10.2 Å². The molecule has 2 amide bonds. The van der Waals surface area contributed by atoms with Gasteiger partial charge in [0, 0.05) is 31.2 Å². The predicted octanol–water partition coefficient (Wildman–Crippen LogP) is 3.12. The molecule has 0 saturated carbocycles. The second-order valence-corrected chi connectivity index (χ2v) is 7.09. The van der Waals surface area contributed by atoms with Gasteiger partial charge < -0.3 is 16.0 Å². The number of hydrogen-bond donors (Lipinski definition) is 2. The van der Waals surface area contributed by atoms with Gasteiger partial charge in [0.05, 0.1) is 16.0 Å². The summed E-state index contributed by atoms with van der Waals surface area (Å²) >= 11 is 11.9. The maximum absolute atomic E-state index is 12.6. The first-order valence-corrected chi connectivity index (χ1v) is 8.91. The molecule has 2 atom stereocenters. The van der Waals surface area contributed by atoms with Gasteiger partial charge in [-0.05, 0) is 44.4 Å². The van der Waals surface area contributed by atoms with E-state index in [4.69, 9.17) is 28.9 Å². The molecule has 0 aliphatic carbocycles. The average Bonchev–Trinajstić information content (AvgIpc) is 2.56. The van der Waals surface area contributed by atoms with Gasteiger partial charge in [-0.2, -0.15) is 0 Å². The first-order valence-electron chi connectivity index (χ1n) is 8.16. The SMILES string of the molecule is CC(N)CCNC(=O)C1CCCN(C(=O)c2ccc(Cl)c(Cl)c2)C1.Cl. The van der Waals surface area contributed by atoms with Crippen LogP contribution in [0.25, 0.3) is 0 Å². The summed E-state index contributed by atoms with van der Waals surface area (Å²) in [4.78, 5) is 26.6. The van der Waals surface area contributed by atoms with Crippen molar-refractivity contribution in [3.05, 3.63) is 33.8 Å². The summed E-state index contributed by atoms with van der Waals surface area (Å²) < 4.78 is 0. The summed E-state index contributed by atoms with van der Waals surface area (Å²) in [5.41, 5.74) is 6.17. The lowest BCUT2D eigenvalue weighted by Crippen LogP contribution is -2.45. The van der Waals surface area contributed by atoms with Crippen molar-refractivity contribution in [2.24, 2.45) is 11.7 Å². The second kappa shape index (κ2) is 10.2. The number of nitrogens with two attached hydrogens (primary N) is 1. The number of hydrogen-bond acceptors (Lipinski definition) is 3. The lowest BCUT2D eigenvalue weighted by Gasteiger charge is -2.32. The highest BCUT2D eigenvalue weighted by Crippen LogP contribution is 2.25. The van der Waals surface area contributed by atoms with Crippen LogP contribution in [0.2, 0.25) is 10.0 Å². The van der Waals surface area contributed by atoms with Gasteiger partial charge in [-0.3, -0.25) is 9.59 Å². The summed E-state index contributed by atoms with van der Waals surface area (Å²) in [7, 11) is 0. The van der Waals surface area contributed by atoms with Crippen molar-refractivity contribution >= 4 is 47.4 Å². The summed E-state index contributed by atoms with van der Waals surface area (Å²) in [6.45, 7) is 3.53. The van der Waals surface area contributed by atoms with Gasteiger partial charge in [0.1, 0.15) is 0 Å². The molecule has 1 aliphatic heterocycles. The van der Waals surface area contributed by atoms with Crippen LogP contribution in [0.4, 0.5) is 0 Å². The van der Waals surface area contributed by atoms with Gasteiger partial charge in [0.25, 0.3) is 5.91 Å². The lowest BCUT2D eigenvalue weighted by molar-refractivity contribution is -0.126. The molecular weight excluding hydrogens is 385 g/mol. The fourth-order valence-corrected chi connectivity index (χ4v) is 3.05. The van der Waals surface area contributed by atoms with E-state index in [1.54, 1.807) is 23.1 Å². The Balaban J connectivity index is 0.00000312. The number of nitrogens with one attached hydrogen (secondary N) is 1. The molecule has 1 aliphatic rings. The Bertz CT molecular complexity index is 611. The van der Waals surface area contributed by atoms with E-state index >= 15 is 0 Å². The number of likely N-dealkylation sites (tertiary alicyclic amines) is 1. The van der Waals surface area contributed by atoms with Crippen LogP contribution in [-0.2, 0) is 4.79 Å². The van der Waals surface area contributed by atoms with Crippen molar-refractivity contribution in [2.45, 2.75) is 32.2 Å². The monoisotopic (exact) mass is 407 g/mol. The molecule has 8 heteroatoms. The summed E-state index contributed by atoms with van der Waals surface area (Å²) in [5.74, 6) is -0.317. The summed E-state index contributed by atoms with van der Waals surface area (Å²) in [6, 6.07) is 4.89. The number of nitrogens with zero attached hydrogens (tertiary/aromatic N) is 1. The van der Waals surface area contributed by atoms with Crippen LogP contribution >= 0.6 is 35.6 Å². The normalized spacial score (nSPS) is 18.2. The number of halogens is 3. The molecule has 1 heterocycles. The van der Waals surface area contributed by atoms with Gasteiger partial charge in [0.2, 0.25) is 5.91 Å². The largest absolute Gasteiger partial charge is 0.356 e. The van der Waals surface area contributed by atoms with Crippen molar-refractivity contribution in [2.75, 3.05) is 19.6 Å². The number of amides is 2. The zero-order chi connectivity index (χ0) is 17.7. The Hall–Kier alpha value is -1.01. The second-order valence-electron chi connectivity index (χ2n) is 6.28. The fraction of sp³-hybridized carbons (Fsp3) is 0.529. The minimum atomic E-state index is -0.182. The molecular formula is C17H24Cl3N3O2. The van der Waals surface area contributed by atoms with Gasteiger partial charge >= 0.3 is 0 Å². The van der Waals surface area contributed by atoms with E-state index in [0.717, 1.165) is 19.3 Å². The molecule has 2 unspecified atom stereocenters. The van der Waals surface area contributed by atoms with Gasteiger partial charge in [-0.1, -0.05) is 23.2 Å². The summed E-state index contributed by atoms with van der Waals surface area (Å²) in [6.07, 6.45) is 2.33. The molecule has 0 spiro atoms. The Morgan fingerprint density at radius 3 is 2.72 bits per heavy atom. The quantitative estimate of drug-likeness (QED) is 0.786. The summed E-state index contributed by atoms with van der Waals surface area (Å²) in [5, 5.41) is 3.67. The minimum absolute atomic E-state index is 0. The molecule has 2 rings (SSSR count). The van der Waals surface area contributed by atoms with Crippen LogP contribution < -0.4 is 11.1 Å². The van der Waals surface area contributed by atoms with E-state index in [1.807, 2.05) is 6.92 Å². The van der Waals surface area contributed by atoms with Crippen LogP contribution in [0.5, 0.6) is 0 Å².